The van der Waals surface area contributed by atoms with Crippen molar-refractivity contribution >= 4 is 5.91 Å². The monoisotopic (exact) mass is 345 g/mol. The fraction of sp³-hybridized carbons (Fsp3) is 0.273. The molecule has 1 aromatic heterocycles. The van der Waals surface area contributed by atoms with Crippen LogP contribution < -0.4 is 5.32 Å². The van der Waals surface area contributed by atoms with Gasteiger partial charge in [-0.25, -0.2) is 4.98 Å². The van der Waals surface area contributed by atoms with E-state index in [1.54, 1.807) is 0 Å². The summed E-state index contributed by atoms with van der Waals surface area (Å²) in [7, 11) is 0. The highest BCUT2D eigenvalue weighted by molar-refractivity contribution is 5.91. The molecule has 1 fully saturated rings. The van der Waals surface area contributed by atoms with Crippen LogP contribution in [0, 0.1) is 0 Å². The third-order valence-corrected chi connectivity index (χ3v) is 5.14. The summed E-state index contributed by atoms with van der Waals surface area (Å²) in [5.74, 6) is 1.14. The summed E-state index contributed by atoms with van der Waals surface area (Å²) in [5.41, 5.74) is 2.07. The van der Waals surface area contributed by atoms with Gasteiger partial charge in [0.15, 0.2) is 0 Å². The molecule has 2 aromatic carbocycles. The molecule has 0 spiro atoms. The van der Waals surface area contributed by atoms with E-state index in [0.29, 0.717) is 6.54 Å². The lowest BCUT2D eigenvalue weighted by molar-refractivity contribution is -0.123. The lowest BCUT2D eigenvalue weighted by Crippen LogP contribution is -2.36. The fourth-order valence-electron chi connectivity index (χ4n) is 3.48. The minimum atomic E-state index is -0.305. The van der Waals surface area contributed by atoms with Crippen molar-refractivity contribution in [3.05, 3.63) is 90.0 Å². The molecule has 0 saturated heterocycles. The first-order chi connectivity index (χ1) is 12.8. The van der Waals surface area contributed by atoms with Crippen LogP contribution in [-0.4, -0.2) is 22.0 Å². The van der Waals surface area contributed by atoms with Crippen LogP contribution in [0.4, 0.5) is 0 Å². The Balaban J connectivity index is 1.34. The van der Waals surface area contributed by atoms with E-state index >= 15 is 0 Å². The van der Waals surface area contributed by atoms with E-state index in [-0.39, 0.29) is 11.3 Å². The molecule has 1 amide bonds. The topological polar surface area (TPSA) is 46.9 Å². The minimum absolute atomic E-state index is 0.143. The van der Waals surface area contributed by atoms with Crippen LogP contribution in [0.2, 0.25) is 0 Å². The molecule has 0 unspecified atom stereocenters. The third kappa shape index (κ3) is 3.40. The average molecular weight is 345 g/mol. The maximum Gasteiger partial charge on any atom is 0.230 e. The number of imidazole rings is 1. The first-order valence-electron chi connectivity index (χ1n) is 9.16. The number of benzene rings is 2. The van der Waals surface area contributed by atoms with Crippen molar-refractivity contribution in [2.45, 2.75) is 31.2 Å². The standard InChI is InChI=1S/C22H23N3O/c26-21(22(12-13-22)19-9-5-2-6-10-19)24-14-11-20-23-15-16-25(20)17-18-7-3-1-4-8-18/h1-10,15-16H,11-14,17H2,(H,24,26). The molecule has 4 rings (SSSR count). The van der Waals surface area contributed by atoms with Gasteiger partial charge in [0.05, 0.1) is 5.41 Å². The van der Waals surface area contributed by atoms with E-state index in [4.69, 9.17) is 0 Å². The van der Waals surface area contributed by atoms with Gasteiger partial charge in [-0.15, -0.1) is 0 Å². The van der Waals surface area contributed by atoms with Gasteiger partial charge >= 0.3 is 0 Å². The highest BCUT2D eigenvalue weighted by Gasteiger charge is 2.50. The second-order valence-electron chi connectivity index (χ2n) is 6.91. The molecule has 4 nitrogen and oxygen atoms in total. The lowest BCUT2D eigenvalue weighted by atomic mass is 9.95. The van der Waals surface area contributed by atoms with Crippen LogP contribution in [0.1, 0.15) is 29.8 Å². The quantitative estimate of drug-likeness (QED) is 0.714. The van der Waals surface area contributed by atoms with Crippen molar-refractivity contribution in [3.8, 4) is 0 Å². The number of hydrogen-bond acceptors (Lipinski definition) is 2. The Hall–Kier alpha value is -2.88. The molecule has 0 radical (unpaired) electrons. The van der Waals surface area contributed by atoms with Crippen LogP contribution in [-0.2, 0) is 23.2 Å². The maximum absolute atomic E-state index is 12.7. The number of aromatic nitrogens is 2. The van der Waals surface area contributed by atoms with Gasteiger partial charge in [-0.05, 0) is 24.0 Å². The highest BCUT2D eigenvalue weighted by atomic mass is 16.2. The normalized spacial score (nSPS) is 14.8. The van der Waals surface area contributed by atoms with E-state index in [1.165, 1.54) is 5.56 Å². The second kappa shape index (κ2) is 7.16. The number of amides is 1. The molecule has 1 aliphatic rings. The lowest BCUT2D eigenvalue weighted by Gasteiger charge is -2.16. The summed E-state index contributed by atoms with van der Waals surface area (Å²) in [4.78, 5) is 17.2. The zero-order valence-corrected chi connectivity index (χ0v) is 14.8. The summed E-state index contributed by atoms with van der Waals surface area (Å²) < 4.78 is 2.14. The van der Waals surface area contributed by atoms with Gasteiger partial charge < -0.3 is 9.88 Å². The van der Waals surface area contributed by atoms with Gasteiger partial charge in [-0.3, -0.25) is 4.79 Å². The molecule has 1 saturated carbocycles. The Morgan fingerprint density at radius 2 is 1.73 bits per heavy atom. The average Bonchev–Trinajstić information content (AvgIpc) is 3.40. The number of carbonyl (C=O) groups is 1. The van der Waals surface area contributed by atoms with Gasteiger partial charge in [0.2, 0.25) is 5.91 Å². The van der Waals surface area contributed by atoms with Crippen LogP contribution >= 0.6 is 0 Å². The molecule has 3 aromatic rings. The predicted octanol–water partition coefficient (Wildman–Crippen LogP) is 3.32. The number of rotatable bonds is 7. The van der Waals surface area contributed by atoms with Crippen molar-refractivity contribution in [2.75, 3.05) is 6.54 Å². The van der Waals surface area contributed by atoms with E-state index in [9.17, 15) is 4.79 Å². The number of hydrogen-bond donors (Lipinski definition) is 1. The van der Waals surface area contributed by atoms with Gasteiger partial charge in [-0.2, -0.15) is 0 Å². The van der Waals surface area contributed by atoms with Gasteiger partial charge in [0, 0.05) is 31.9 Å². The number of nitrogens with zero attached hydrogens (tertiary/aromatic N) is 2. The largest absolute Gasteiger partial charge is 0.355 e. The van der Waals surface area contributed by atoms with Crippen molar-refractivity contribution in [1.29, 1.82) is 0 Å². The summed E-state index contributed by atoms with van der Waals surface area (Å²) in [6.45, 7) is 1.41. The Bertz CT molecular complexity index is 867. The first kappa shape index (κ1) is 16.6. The number of nitrogens with one attached hydrogen (secondary N) is 1. The van der Waals surface area contributed by atoms with Crippen molar-refractivity contribution in [1.82, 2.24) is 14.9 Å². The Morgan fingerprint density at radius 3 is 2.42 bits per heavy atom. The van der Waals surface area contributed by atoms with Crippen LogP contribution in [0.25, 0.3) is 0 Å². The predicted molar refractivity (Wildman–Crippen MR) is 102 cm³/mol. The summed E-state index contributed by atoms with van der Waals surface area (Å²) in [5, 5.41) is 3.12. The van der Waals surface area contributed by atoms with Gasteiger partial charge in [-0.1, -0.05) is 60.7 Å². The van der Waals surface area contributed by atoms with Crippen molar-refractivity contribution in [3.63, 3.8) is 0 Å². The molecule has 0 atom stereocenters. The highest BCUT2D eigenvalue weighted by Crippen LogP contribution is 2.48. The van der Waals surface area contributed by atoms with Crippen LogP contribution in [0.15, 0.2) is 73.1 Å². The summed E-state index contributed by atoms with van der Waals surface area (Å²) in [6.07, 6.45) is 6.43. The molecular formula is C22H23N3O. The first-order valence-corrected chi connectivity index (χ1v) is 9.16. The Labute approximate surface area is 153 Å². The molecule has 0 bridgehead atoms. The SMILES string of the molecule is O=C(NCCc1nccn1Cc1ccccc1)C1(c2ccccc2)CC1. The zero-order chi connectivity index (χ0) is 17.8. The third-order valence-electron chi connectivity index (χ3n) is 5.14. The second-order valence-corrected chi connectivity index (χ2v) is 6.91. The molecule has 4 heteroatoms. The summed E-state index contributed by atoms with van der Waals surface area (Å²) >= 11 is 0. The molecule has 26 heavy (non-hydrogen) atoms. The van der Waals surface area contributed by atoms with E-state index in [1.807, 2.05) is 48.8 Å². The molecular weight excluding hydrogens is 322 g/mol. The van der Waals surface area contributed by atoms with Crippen molar-refractivity contribution in [2.24, 2.45) is 0 Å². The molecule has 1 N–H and O–H groups in total. The van der Waals surface area contributed by atoms with Crippen LogP contribution in [0.3, 0.4) is 0 Å². The maximum atomic E-state index is 12.7. The molecule has 0 aliphatic heterocycles. The molecule has 1 heterocycles. The van der Waals surface area contributed by atoms with E-state index in [2.05, 4.69) is 39.1 Å². The van der Waals surface area contributed by atoms with E-state index < -0.39 is 0 Å². The Morgan fingerprint density at radius 1 is 1.04 bits per heavy atom. The number of carbonyl (C=O) groups excluding carboxylic acids is 1. The van der Waals surface area contributed by atoms with Crippen molar-refractivity contribution < 1.29 is 4.79 Å². The van der Waals surface area contributed by atoms with E-state index in [0.717, 1.165) is 37.2 Å². The van der Waals surface area contributed by atoms with Gasteiger partial charge in [0.25, 0.3) is 0 Å². The zero-order valence-electron chi connectivity index (χ0n) is 14.8. The molecule has 1 aliphatic carbocycles. The Kier molecular flexibility index (Phi) is 4.57. The minimum Gasteiger partial charge on any atom is -0.355 e. The fourth-order valence-corrected chi connectivity index (χ4v) is 3.48. The smallest absolute Gasteiger partial charge is 0.230 e. The summed E-state index contributed by atoms with van der Waals surface area (Å²) in [6, 6.07) is 20.4. The molecule has 132 valence electrons. The van der Waals surface area contributed by atoms with Crippen LogP contribution in [0.5, 0.6) is 0 Å². The van der Waals surface area contributed by atoms with Gasteiger partial charge in [0.1, 0.15) is 5.82 Å².